The van der Waals surface area contributed by atoms with Gasteiger partial charge in [0.2, 0.25) is 0 Å². The number of hydrogen-bond donors (Lipinski definition) is 1. The summed E-state index contributed by atoms with van der Waals surface area (Å²) >= 11 is 6.44. The maximum atomic E-state index is 6.44. The third kappa shape index (κ3) is 3.97. The van der Waals surface area contributed by atoms with E-state index in [-0.39, 0.29) is 0 Å². The summed E-state index contributed by atoms with van der Waals surface area (Å²) in [4.78, 5) is 19.2. The van der Waals surface area contributed by atoms with E-state index >= 15 is 0 Å². The second kappa shape index (κ2) is 8.87. The first kappa shape index (κ1) is 22.3. The monoisotopic (exact) mass is 503 g/mol. The molecule has 0 saturated carbocycles. The largest absolute Gasteiger partial charge is 0.462 e. The number of likely N-dealkylation sites (N-methyl/N-ethyl adjacent to an activating group) is 1. The molecule has 1 aromatic carbocycles. The van der Waals surface area contributed by atoms with Crippen LogP contribution in [-0.4, -0.2) is 75.7 Å². The van der Waals surface area contributed by atoms with Crippen molar-refractivity contribution in [3.8, 4) is 17.1 Å². The fourth-order valence-corrected chi connectivity index (χ4v) is 6.32. The first-order valence-corrected chi connectivity index (χ1v) is 13.3. The summed E-state index contributed by atoms with van der Waals surface area (Å²) in [5.74, 6) is 0.969. The van der Waals surface area contributed by atoms with Crippen molar-refractivity contribution < 1.29 is 4.74 Å². The van der Waals surface area contributed by atoms with Gasteiger partial charge in [-0.3, -0.25) is 0 Å². The molecule has 36 heavy (non-hydrogen) atoms. The lowest BCUT2D eigenvalue weighted by Crippen LogP contribution is -2.51. The number of anilines is 1. The number of piperazine rings is 1. The van der Waals surface area contributed by atoms with Gasteiger partial charge in [0.15, 0.2) is 0 Å². The Balaban J connectivity index is 1.31. The highest BCUT2D eigenvalue weighted by atomic mass is 35.5. The average molecular weight is 504 g/mol. The molecule has 9 heteroatoms. The van der Waals surface area contributed by atoms with Crippen molar-refractivity contribution in [3.63, 3.8) is 0 Å². The number of pyridine rings is 1. The maximum Gasteiger partial charge on any atom is 0.319 e. The molecule has 3 atom stereocenters. The topological polar surface area (TPSA) is 70.8 Å². The van der Waals surface area contributed by atoms with Crippen LogP contribution in [0.15, 0.2) is 42.9 Å². The zero-order valence-corrected chi connectivity index (χ0v) is 21.2. The van der Waals surface area contributed by atoms with Crippen molar-refractivity contribution in [1.29, 1.82) is 0 Å². The highest BCUT2D eigenvalue weighted by molar-refractivity contribution is 6.31. The van der Waals surface area contributed by atoms with E-state index in [0.29, 0.717) is 35.8 Å². The molecule has 3 aliphatic rings. The predicted molar refractivity (Wildman–Crippen MR) is 142 cm³/mol. The lowest BCUT2D eigenvalue weighted by atomic mass is 10.0. The molecule has 3 aromatic heterocycles. The number of rotatable bonds is 5. The van der Waals surface area contributed by atoms with Gasteiger partial charge in [-0.25, -0.2) is 4.98 Å². The van der Waals surface area contributed by atoms with Crippen molar-refractivity contribution in [3.05, 3.63) is 47.9 Å². The number of nitrogens with zero attached hydrogens (tertiary/aromatic N) is 6. The predicted octanol–water partition coefficient (Wildman–Crippen LogP) is 4.01. The summed E-state index contributed by atoms with van der Waals surface area (Å²) in [6, 6.07) is 10.3. The van der Waals surface area contributed by atoms with E-state index in [4.69, 9.17) is 26.3 Å². The van der Waals surface area contributed by atoms with Crippen molar-refractivity contribution in [1.82, 2.24) is 29.6 Å². The standard InChI is InChI=1S/C27H30ClN7O/c1-33-9-2-3-21(33)16-36-27-31-24-11-17(23-12-18(28)13-34-10-8-29-25(23)34)4-7-22(24)26(32-27)35-14-19-5-6-20(15-35)30-19/h4,7-8,10-13,19-21,30H,2-3,5-6,9,14-16H2,1H3/t19?,20?,21-/m0/s1. The van der Waals surface area contributed by atoms with Crippen LogP contribution in [0.3, 0.4) is 0 Å². The fourth-order valence-electron chi connectivity index (χ4n) is 6.11. The van der Waals surface area contributed by atoms with Crippen LogP contribution in [0.2, 0.25) is 5.02 Å². The number of hydrogen-bond acceptors (Lipinski definition) is 7. The van der Waals surface area contributed by atoms with Gasteiger partial charge in [0.05, 0.1) is 10.5 Å². The van der Waals surface area contributed by atoms with Crippen molar-refractivity contribution in [2.45, 2.75) is 43.8 Å². The minimum atomic E-state index is 0.411. The molecule has 0 spiro atoms. The lowest BCUT2D eigenvalue weighted by molar-refractivity contribution is 0.188. The zero-order chi connectivity index (χ0) is 24.2. The molecule has 3 aliphatic heterocycles. The Kier molecular flexibility index (Phi) is 5.49. The van der Waals surface area contributed by atoms with E-state index in [1.54, 1.807) is 6.20 Å². The fraction of sp³-hybridized carbons (Fsp3) is 0.444. The molecule has 4 aromatic rings. The maximum absolute atomic E-state index is 6.44. The number of imidazole rings is 1. The van der Waals surface area contributed by atoms with Gasteiger partial charge in [0.25, 0.3) is 0 Å². The van der Waals surface area contributed by atoms with Gasteiger partial charge >= 0.3 is 6.01 Å². The molecular weight excluding hydrogens is 474 g/mol. The smallest absolute Gasteiger partial charge is 0.319 e. The van der Waals surface area contributed by atoms with Crippen LogP contribution in [0.4, 0.5) is 5.82 Å². The summed E-state index contributed by atoms with van der Waals surface area (Å²) in [7, 11) is 2.16. The second-order valence-electron chi connectivity index (χ2n) is 10.4. The first-order valence-electron chi connectivity index (χ1n) is 12.9. The Hall–Kier alpha value is -2.94. The Morgan fingerprint density at radius 1 is 1.11 bits per heavy atom. The van der Waals surface area contributed by atoms with Crippen LogP contribution < -0.4 is 15.0 Å². The number of aromatic nitrogens is 4. The summed E-state index contributed by atoms with van der Waals surface area (Å²) in [5, 5.41) is 5.44. The summed E-state index contributed by atoms with van der Waals surface area (Å²) in [5.41, 5.74) is 3.74. The summed E-state index contributed by atoms with van der Waals surface area (Å²) < 4.78 is 8.20. The van der Waals surface area contributed by atoms with Gasteiger partial charge in [-0.15, -0.1) is 0 Å². The number of ether oxygens (including phenoxy) is 1. The van der Waals surface area contributed by atoms with E-state index in [1.165, 1.54) is 19.3 Å². The van der Waals surface area contributed by atoms with Crippen LogP contribution in [0.5, 0.6) is 6.01 Å². The molecule has 1 N–H and O–H groups in total. The molecule has 6 heterocycles. The molecule has 0 amide bonds. The molecule has 3 fully saturated rings. The molecule has 2 unspecified atom stereocenters. The Labute approximate surface area is 215 Å². The summed E-state index contributed by atoms with van der Waals surface area (Å²) in [6.45, 7) is 3.64. The second-order valence-corrected chi connectivity index (χ2v) is 10.9. The van der Waals surface area contributed by atoms with Gasteiger partial charge < -0.3 is 24.3 Å². The molecule has 8 nitrogen and oxygen atoms in total. The van der Waals surface area contributed by atoms with Gasteiger partial charge in [-0.2, -0.15) is 9.97 Å². The molecular formula is C27H30ClN7O. The van der Waals surface area contributed by atoms with E-state index in [2.05, 4.69) is 45.3 Å². The van der Waals surface area contributed by atoms with Gasteiger partial charge in [-0.1, -0.05) is 17.7 Å². The van der Waals surface area contributed by atoms with E-state index in [1.807, 2.05) is 22.9 Å². The lowest BCUT2D eigenvalue weighted by Gasteiger charge is -2.34. The van der Waals surface area contributed by atoms with E-state index in [9.17, 15) is 0 Å². The molecule has 0 radical (unpaired) electrons. The number of likely N-dealkylation sites (tertiary alicyclic amines) is 1. The van der Waals surface area contributed by atoms with Crippen molar-refractivity contribution in [2.24, 2.45) is 0 Å². The highest BCUT2D eigenvalue weighted by Crippen LogP contribution is 2.34. The zero-order valence-electron chi connectivity index (χ0n) is 20.4. The first-order chi connectivity index (χ1) is 17.6. The van der Waals surface area contributed by atoms with Crippen LogP contribution in [0.1, 0.15) is 25.7 Å². The summed E-state index contributed by atoms with van der Waals surface area (Å²) in [6.07, 6.45) is 10.4. The number of nitrogens with one attached hydrogen (secondary N) is 1. The van der Waals surface area contributed by atoms with Gasteiger partial charge in [0, 0.05) is 60.8 Å². The molecule has 0 aliphatic carbocycles. The number of fused-ring (bicyclic) bond motifs is 4. The Morgan fingerprint density at radius 2 is 1.97 bits per heavy atom. The molecule has 7 rings (SSSR count). The van der Waals surface area contributed by atoms with Gasteiger partial charge in [0.1, 0.15) is 18.1 Å². The third-order valence-electron chi connectivity index (χ3n) is 8.01. The Bertz CT molecular complexity index is 1430. The van der Waals surface area contributed by atoms with E-state index < -0.39 is 0 Å². The van der Waals surface area contributed by atoms with Crippen LogP contribution in [-0.2, 0) is 0 Å². The Morgan fingerprint density at radius 3 is 2.78 bits per heavy atom. The quantitative estimate of drug-likeness (QED) is 0.441. The normalized spacial score (nSPS) is 24.3. The molecule has 186 valence electrons. The van der Waals surface area contributed by atoms with Crippen LogP contribution in [0, 0.1) is 0 Å². The highest BCUT2D eigenvalue weighted by Gasteiger charge is 2.34. The van der Waals surface area contributed by atoms with Crippen molar-refractivity contribution >= 4 is 34.0 Å². The van der Waals surface area contributed by atoms with E-state index in [0.717, 1.165) is 59.5 Å². The van der Waals surface area contributed by atoms with Crippen LogP contribution >= 0.6 is 11.6 Å². The molecule has 2 bridgehead atoms. The minimum Gasteiger partial charge on any atom is -0.462 e. The molecule has 3 saturated heterocycles. The SMILES string of the molecule is CN1CCC[C@H]1COc1nc(N2CC3CCC(C2)N3)c2ccc(-c3cc(Cl)cn4ccnc34)cc2n1. The minimum absolute atomic E-state index is 0.411. The number of benzene rings is 1. The number of halogens is 1. The third-order valence-corrected chi connectivity index (χ3v) is 8.22. The van der Waals surface area contributed by atoms with Crippen molar-refractivity contribution in [2.75, 3.05) is 38.2 Å². The van der Waals surface area contributed by atoms with Gasteiger partial charge in [-0.05, 0) is 63.0 Å². The van der Waals surface area contributed by atoms with Crippen LogP contribution in [0.25, 0.3) is 27.7 Å². The average Bonchev–Trinajstić information content (AvgIpc) is 3.61.